The minimum atomic E-state index is -0.943. The predicted octanol–water partition coefficient (Wildman–Crippen LogP) is -0.568. The standard InChI is InChI=1S/C29H38N6O5/c30-23(14-20-8-10-22(36)11-9-20)27(38)34-25-18-35(17-21-6-7-21)13-12-31-28(39)24(15-19-4-2-1-3-5-19)33-26(37)16-32-29(25)40/h1-5,8-11,21,23-25,36H,6-7,12-18,30H2,(H,31,39)(H,32,40)(H,33,37)(H,34,38)/t23-,24-,25?/m0/s1. The quantitative estimate of drug-likeness (QED) is 0.256. The van der Waals surface area contributed by atoms with Gasteiger partial charge in [-0.2, -0.15) is 0 Å². The molecule has 1 aliphatic carbocycles. The van der Waals surface area contributed by atoms with Crippen molar-refractivity contribution in [1.29, 1.82) is 0 Å². The highest BCUT2D eigenvalue weighted by Crippen LogP contribution is 2.29. The number of phenols is 1. The van der Waals surface area contributed by atoms with E-state index in [0.717, 1.165) is 30.5 Å². The van der Waals surface area contributed by atoms with Crippen LogP contribution < -0.4 is 27.0 Å². The van der Waals surface area contributed by atoms with Gasteiger partial charge in [0.15, 0.2) is 0 Å². The highest BCUT2D eigenvalue weighted by atomic mass is 16.3. The molecule has 1 unspecified atom stereocenters. The third kappa shape index (κ3) is 9.06. The lowest BCUT2D eigenvalue weighted by molar-refractivity contribution is -0.132. The van der Waals surface area contributed by atoms with E-state index in [4.69, 9.17) is 5.73 Å². The molecule has 40 heavy (non-hydrogen) atoms. The summed E-state index contributed by atoms with van der Waals surface area (Å²) in [5.74, 6) is -1.17. The Balaban J connectivity index is 1.44. The maximum absolute atomic E-state index is 13.2. The average molecular weight is 551 g/mol. The highest BCUT2D eigenvalue weighted by Gasteiger charge is 2.31. The van der Waals surface area contributed by atoms with E-state index in [2.05, 4.69) is 26.2 Å². The first-order chi connectivity index (χ1) is 19.3. The van der Waals surface area contributed by atoms with Crippen molar-refractivity contribution in [2.45, 2.75) is 43.8 Å². The Labute approximate surface area is 233 Å². The van der Waals surface area contributed by atoms with E-state index in [1.54, 1.807) is 12.1 Å². The van der Waals surface area contributed by atoms with Crippen LogP contribution >= 0.6 is 0 Å². The minimum absolute atomic E-state index is 0.116. The number of nitrogens with one attached hydrogen (secondary N) is 4. The second-order valence-corrected chi connectivity index (χ2v) is 10.6. The zero-order chi connectivity index (χ0) is 28.5. The van der Waals surface area contributed by atoms with Gasteiger partial charge < -0.3 is 32.1 Å². The number of benzene rings is 2. The highest BCUT2D eigenvalue weighted by molar-refractivity contribution is 5.93. The Bertz CT molecular complexity index is 1170. The summed E-state index contributed by atoms with van der Waals surface area (Å²) >= 11 is 0. The van der Waals surface area contributed by atoms with E-state index in [-0.39, 0.29) is 31.2 Å². The number of amides is 4. The smallest absolute Gasteiger partial charge is 0.244 e. The van der Waals surface area contributed by atoms with Gasteiger partial charge in [-0.05, 0) is 48.4 Å². The second-order valence-electron chi connectivity index (χ2n) is 10.6. The van der Waals surface area contributed by atoms with E-state index in [1.807, 2.05) is 30.3 Å². The van der Waals surface area contributed by atoms with Gasteiger partial charge in [0.1, 0.15) is 17.8 Å². The van der Waals surface area contributed by atoms with Gasteiger partial charge in [0.05, 0.1) is 12.6 Å². The molecule has 2 fully saturated rings. The summed E-state index contributed by atoms with van der Waals surface area (Å²) in [6.45, 7) is 1.42. The SMILES string of the molecule is N[C@@H](Cc1ccc(O)cc1)C(=O)NC1CN(CC2CC2)CCNC(=O)[C@H](Cc2ccccc2)NC(=O)CNC1=O. The van der Waals surface area contributed by atoms with Crippen molar-refractivity contribution >= 4 is 23.6 Å². The molecule has 214 valence electrons. The van der Waals surface area contributed by atoms with Gasteiger partial charge in [-0.3, -0.25) is 24.1 Å². The molecule has 0 bridgehead atoms. The van der Waals surface area contributed by atoms with Crippen LogP contribution in [0.4, 0.5) is 0 Å². The van der Waals surface area contributed by atoms with Crippen molar-refractivity contribution in [3.05, 3.63) is 65.7 Å². The van der Waals surface area contributed by atoms with Crippen LogP contribution in [0.5, 0.6) is 5.75 Å². The molecule has 1 saturated heterocycles. The Hall–Kier alpha value is -3.96. The van der Waals surface area contributed by atoms with Crippen molar-refractivity contribution in [2.75, 3.05) is 32.7 Å². The number of nitrogens with zero attached hydrogens (tertiary/aromatic N) is 1. The van der Waals surface area contributed by atoms with Crippen LogP contribution in [0.2, 0.25) is 0 Å². The van der Waals surface area contributed by atoms with Crippen LogP contribution in [0.3, 0.4) is 0 Å². The topological polar surface area (TPSA) is 166 Å². The second kappa shape index (κ2) is 13.9. The molecule has 0 radical (unpaired) electrons. The molecule has 2 aromatic carbocycles. The fraction of sp³-hybridized carbons (Fsp3) is 0.448. The van der Waals surface area contributed by atoms with Gasteiger partial charge in [0.2, 0.25) is 23.6 Å². The number of carbonyl (C=O) groups excluding carboxylic acids is 4. The van der Waals surface area contributed by atoms with E-state index in [0.29, 0.717) is 25.4 Å². The molecule has 3 atom stereocenters. The fourth-order valence-electron chi connectivity index (χ4n) is 4.69. The monoisotopic (exact) mass is 550 g/mol. The molecular formula is C29H38N6O5. The Morgan fingerprint density at radius 2 is 1.73 bits per heavy atom. The molecule has 0 aromatic heterocycles. The van der Waals surface area contributed by atoms with Gasteiger partial charge >= 0.3 is 0 Å². The average Bonchev–Trinajstić information content (AvgIpc) is 3.76. The Kier molecular flexibility index (Phi) is 10.1. The maximum Gasteiger partial charge on any atom is 0.244 e. The first-order valence-electron chi connectivity index (χ1n) is 13.7. The summed E-state index contributed by atoms with van der Waals surface area (Å²) in [6, 6.07) is 13.2. The third-order valence-corrected chi connectivity index (χ3v) is 7.10. The lowest BCUT2D eigenvalue weighted by atomic mass is 10.1. The Morgan fingerprint density at radius 3 is 2.42 bits per heavy atom. The maximum atomic E-state index is 13.2. The summed E-state index contributed by atoms with van der Waals surface area (Å²) < 4.78 is 0. The van der Waals surface area contributed by atoms with E-state index >= 15 is 0 Å². The van der Waals surface area contributed by atoms with Gasteiger partial charge in [-0.25, -0.2) is 0 Å². The number of hydrogen-bond donors (Lipinski definition) is 6. The van der Waals surface area contributed by atoms with Gasteiger partial charge in [-0.1, -0.05) is 42.5 Å². The Morgan fingerprint density at radius 1 is 1.00 bits per heavy atom. The van der Waals surface area contributed by atoms with Gasteiger partial charge in [0.25, 0.3) is 0 Å². The molecule has 1 heterocycles. The zero-order valence-corrected chi connectivity index (χ0v) is 22.5. The van der Waals surface area contributed by atoms with Crippen molar-refractivity contribution in [3.8, 4) is 5.75 Å². The molecule has 1 saturated carbocycles. The number of aromatic hydroxyl groups is 1. The normalized spacial score (nSPS) is 22.0. The van der Waals surface area contributed by atoms with Gasteiger partial charge in [-0.15, -0.1) is 0 Å². The van der Waals surface area contributed by atoms with Gasteiger partial charge in [0, 0.05) is 32.6 Å². The van der Waals surface area contributed by atoms with Crippen LogP contribution in [0, 0.1) is 5.92 Å². The first-order valence-corrected chi connectivity index (χ1v) is 13.7. The number of rotatable bonds is 8. The van der Waals surface area contributed by atoms with Crippen molar-refractivity contribution in [3.63, 3.8) is 0 Å². The van der Waals surface area contributed by atoms with E-state index in [1.165, 1.54) is 12.1 Å². The first kappa shape index (κ1) is 29.0. The van der Waals surface area contributed by atoms with E-state index < -0.39 is 35.8 Å². The van der Waals surface area contributed by atoms with Crippen LogP contribution in [0.15, 0.2) is 54.6 Å². The molecule has 1 aliphatic heterocycles. The number of hydrogen-bond acceptors (Lipinski definition) is 7. The lowest BCUT2D eigenvalue weighted by Gasteiger charge is -2.28. The molecule has 4 rings (SSSR count). The molecule has 11 heteroatoms. The number of nitrogens with two attached hydrogens (primary N) is 1. The minimum Gasteiger partial charge on any atom is -0.508 e. The van der Waals surface area contributed by atoms with Crippen molar-refractivity contribution < 1.29 is 24.3 Å². The van der Waals surface area contributed by atoms with Crippen molar-refractivity contribution in [2.24, 2.45) is 11.7 Å². The summed E-state index contributed by atoms with van der Waals surface area (Å²) in [4.78, 5) is 54.0. The van der Waals surface area contributed by atoms with Crippen molar-refractivity contribution in [1.82, 2.24) is 26.2 Å². The fourth-order valence-corrected chi connectivity index (χ4v) is 4.69. The summed E-state index contributed by atoms with van der Waals surface area (Å²) in [5, 5.41) is 20.5. The predicted molar refractivity (Wildman–Crippen MR) is 149 cm³/mol. The van der Waals surface area contributed by atoms with E-state index in [9.17, 15) is 24.3 Å². The third-order valence-electron chi connectivity index (χ3n) is 7.10. The molecule has 7 N–H and O–H groups in total. The molecular weight excluding hydrogens is 512 g/mol. The largest absolute Gasteiger partial charge is 0.508 e. The van der Waals surface area contributed by atoms with Crippen LogP contribution in [-0.2, 0) is 32.0 Å². The lowest BCUT2D eigenvalue weighted by Crippen LogP contribution is -2.57. The number of carbonyl (C=O) groups is 4. The molecule has 11 nitrogen and oxygen atoms in total. The summed E-state index contributed by atoms with van der Waals surface area (Å²) in [5.41, 5.74) is 7.82. The molecule has 0 spiro atoms. The van der Waals surface area contributed by atoms with Crippen LogP contribution in [0.1, 0.15) is 24.0 Å². The number of phenolic OH excluding ortho intramolecular Hbond substituents is 1. The molecule has 2 aromatic rings. The summed E-state index contributed by atoms with van der Waals surface area (Å²) in [7, 11) is 0. The zero-order valence-electron chi connectivity index (χ0n) is 22.5. The molecule has 4 amide bonds. The van der Waals surface area contributed by atoms with Crippen LogP contribution in [-0.4, -0.2) is 84.5 Å². The summed E-state index contributed by atoms with van der Waals surface area (Å²) in [6.07, 6.45) is 2.74. The molecule has 2 aliphatic rings. The van der Waals surface area contributed by atoms with Crippen LogP contribution in [0.25, 0.3) is 0 Å².